The number of hydrogen-bond acceptors (Lipinski definition) is 7. The number of aliphatic hydroxyl groups is 1. The number of carbonyl (C=O) groups excluding carboxylic acids is 2. The number of nitrogens with zero attached hydrogens (tertiary/aromatic N) is 2. The predicted molar refractivity (Wildman–Crippen MR) is 118 cm³/mol. The second-order valence-corrected chi connectivity index (χ2v) is 10.6. The van der Waals surface area contributed by atoms with E-state index in [9.17, 15) is 14.7 Å². The van der Waals surface area contributed by atoms with Crippen molar-refractivity contribution in [3.8, 4) is 0 Å². The molecule has 4 fully saturated rings. The van der Waals surface area contributed by atoms with Gasteiger partial charge >= 0.3 is 5.97 Å². The number of fused-ring (bicyclic) bond motifs is 3. The van der Waals surface area contributed by atoms with E-state index >= 15 is 0 Å². The van der Waals surface area contributed by atoms with E-state index in [0.717, 1.165) is 45.2 Å². The summed E-state index contributed by atoms with van der Waals surface area (Å²) in [4.78, 5) is 26.7. The van der Waals surface area contributed by atoms with Gasteiger partial charge in [0, 0.05) is 35.6 Å². The largest absolute Gasteiger partial charge is 0.454 e. The van der Waals surface area contributed by atoms with Crippen molar-refractivity contribution in [2.75, 3.05) is 31.5 Å². The van der Waals surface area contributed by atoms with Gasteiger partial charge in [-0.2, -0.15) is 0 Å². The van der Waals surface area contributed by atoms with E-state index in [1.807, 2.05) is 17.5 Å². The molecule has 1 saturated carbocycles. The molecule has 32 heavy (non-hydrogen) atoms. The van der Waals surface area contributed by atoms with Crippen molar-refractivity contribution in [2.24, 2.45) is 11.8 Å². The van der Waals surface area contributed by atoms with E-state index < -0.39 is 11.6 Å². The van der Waals surface area contributed by atoms with Gasteiger partial charge in [-0.05, 0) is 31.2 Å². The standard InChI is InChI=1S/C23H29N3O5S/c1-15-12-20(25-31-15)24-21(27)14-26-9-7-16(8-10-26)18(13-26)30-22(28)23(29,17-4-2-5-17)19-6-3-11-32-19/h3,6,11-12,16-18,29H,2,4-5,7-10,13-14H2,1H3/p+1/t16?,18-,23?,26?/m0/s1. The Morgan fingerprint density at radius 3 is 2.72 bits per heavy atom. The van der Waals surface area contributed by atoms with Crippen LogP contribution in [-0.2, 0) is 19.9 Å². The smallest absolute Gasteiger partial charge is 0.344 e. The van der Waals surface area contributed by atoms with Crippen molar-refractivity contribution in [3.05, 3.63) is 34.2 Å². The molecule has 172 valence electrons. The van der Waals surface area contributed by atoms with Crippen LogP contribution in [0, 0.1) is 18.8 Å². The van der Waals surface area contributed by atoms with Gasteiger partial charge in [-0.3, -0.25) is 4.79 Å². The van der Waals surface area contributed by atoms with Crippen LogP contribution in [0.2, 0.25) is 0 Å². The van der Waals surface area contributed by atoms with Crippen LogP contribution in [0.1, 0.15) is 42.7 Å². The molecule has 2 atom stereocenters. The number of aryl methyl sites for hydroxylation is 1. The van der Waals surface area contributed by atoms with Gasteiger partial charge in [0.2, 0.25) is 0 Å². The van der Waals surface area contributed by atoms with Crippen LogP contribution in [0.15, 0.2) is 28.1 Å². The molecule has 2 aromatic rings. The zero-order valence-electron chi connectivity index (χ0n) is 18.3. The molecule has 5 heterocycles. The maximum Gasteiger partial charge on any atom is 0.344 e. The summed E-state index contributed by atoms with van der Waals surface area (Å²) in [5.41, 5.74) is -1.56. The zero-order chi connectivity index (χ0) is 22.3. The fourth-order valence-corrected chi connectivity index (χ4v) is 6.40. The molecule has 8 nitrogen and oxygen atoms in total. The summed E-state index contributed by atoms with van der Waals surface area (Å²) in [6, 6.07) is 5.38. The highest BCUT2D eigenvalue weighted by atomic mass is 32.1. The minimum absolute atomic E-state index is 0.0884. The average Bonchev–Trinajstić information content (AvgIpc) is 3.39. The molecule has 2 aromatic heterocycles. The summed E-state index contributed by atoms with van der Waals surface area (Å²) in [7, 11) is 0. The van der Waals surface area contributed by atoms with Gasteiger partial charge in [-0.15, -0.1) is 11.3 Å². The maximum absolute atomic E-state index is 13.3. The number of thiophene rings is 1. The summed E-state index contributed by atoms with van der Waals surface area (Å²) in [6.07, 6.45) is 4.24. The van der Waals surface area contributed by atoms with Crippen molar-refractivity contribution in [1.82, 2.24) is 5.16 Å². The molecule has 0 radical (unpaired) electrons. The first kappa shape index (κ1) is 21.6. The Morgan fingerprint density at radius 2 is 2.12 bits per heavy atom. The maximum atomic E-state index is 13.3. The third-order valence-corrected chi connectivity index (χ3v) is 8.57. The molecule has 1 amide bonds. The molecule has 4 aliphatic rings. The highest BCUT2D eigenvalue weighted by Gasteiger charge is 2.54. The number of carbonyl (C=O) groups is 2. The number of hydrogen-bond donors (Lipinski definition) is 2. The summed E-state index contributed by atoms with van der Waals surface area (Å²) >= 11 is 1.40. The molecule has 1 unspecified atom stereocenters. The van der Waals surface area contributed by atoms with Gasteiger partial charge in [0.05, 0.1) is 13.1 Å². The summed E-state index contributed by atoms with van der Waals surface area (Å²) in [5, 5.41) is 20.0. The lowest BCUT2D eigenvalue weighted by atomic mass is 9.72. The Labute approximate surface area is 191 Å². The van der Waals surface area contributed by atoms with E-state index in [4.69, 9.17) is 9.26 Å². The number of aromatic nitrogens is 1. The van der Waals surface area contributed by atoms with E-state index in [1.165, 1.54) is 11.3 Å². The number of anilines is 1. The molecule has 9 heteroatoms. The fraction of sp³-hybridized carbons (Fsp3) is 0.609. The molecule has 3 saturated heterocycles. The molecule has 2 bridgehead atoms. The van der Waals surface area contributed by atoms with E-state index in [2.05, 4.69) is 10.5 Å². The van der Waals surface area contributed by atoms with Gasteiger partial charge in [0.25, 0.3) is 5.91 Å². The molecule has 2 N–H and O–H groups in total. The summed E-state index contributed by atoms with van der Waals surface area (Å²) in [5.74, 6) is 0.617. The number of nitrogens with one attached hydrogen (secondary N) is 1. The lowest BCUT2D eigenvalue weighted by Gasteiger charge is -2.52. The van der Waals surface area contributed by atoms with Crippen molar-refractivity contribution in [1.29, 1.82) is 0 Å². The Morgan fingerprint density at radius 1 is 1.34 bits per heavy atom. The lowest BCUT2D eigenvalue weighted by molar-refractivity contribution is -0.939. The SMILES string of the molecule is Cc1cc(NC(=O)C[N+]23CCC(CC2)[C@@H](OC(=O)C(O)(c2cccs2)C2CCC2)C3)no1. The van der Waals surface area contributed by atoms with Gasteiger partial charge in [-0.1, -0.05) is 17.6 Å². The number of ether oxygens (including phenoxy) is 1. The molecular weight excluding hydrogens is 430 g/mol. The number of quaternary nitrogens is 1. The first-order valence-electron chi connectivity index (χ1n) is 11.4. The lowest BCUT2D eigenvalue weighted by Crippen LogP contribution is -2.66. The fourth-order valence-electron chi connectivity index (χ4n) is 5.51. The monoisotopic (exact) mass is 460 g/mol. The minimum atomic E-state index is -1.56. The van der Waals surface area contributed by atoms with Gasteiger partial charge in [-0.25, -0.2) is 4.79 Å². The average molecular weight is 461 g/mol. The van der Waals surface area contributed by atoms with Crippen LogP contribution in [0.25, 0.3) is 0 Å². The van der Waals surface area contributed by atoms with Crippen molar-refractivity contribution in [3.63, 3.8) is 0 Å². The molecule has 6 rings (SSSR count). The Hall–Kier alpha value is -2.23. The summed E-state index contributed by atoms with van der Waals surface area (Å²) in [6.45, 7) is 4.47. The number of rotatable bonds is 7. The van der Waals surface area contributed by atoms with E-state index in [-0.39, 0.29) is 23.8 Å². The normalized spacial score (nSPS) is 29.2. The molecule has 0 aromatic carbocycles. The third kappa shape index (κ3) is 3.86. The predicted octanol–water partition coefficient (Wildman–Crippen LogP) is 2.82. The molecule has 0 spiro atoms. The molecule has 1 aliphatic carbocycles. The third-order valence-electron chi connectivity index (χ3n) is 7.58. The van der Waals surface area contributed by atoms with Crippen LogP contribution in [-0.4, -0.2) is 58.9 Å². The van der Waals surface area contributed by atoms with Crippen LogP contribution in [0.4, 0.5) is 5.82 Å². The van der Waals surface area contributed by atoms with Gasteiger partial charge in [0.15, 0.2) is 24.1 Å². The Bertz CT molecular complexity index is 978. The highest BCUT2D eigenvalue weighted by Crippen LogP contribution is 2.46. The Balaban J connectivity index is 1.27. The first-order chi connectivity index (χ1) is 15.4. The topological polar surface area (TPSA) is 102 Å². The van der Waals surface area contributed by atoms with Crippen molar-refractivity contribution in [2.45, 2.75) is 50.7 Å². The zero-order valence-corrected chi connectivity index (χ0v) is 19.1. The number of esters is 1. The van der Waals surface area contributed by atoms with Crippen LogP contribution < -0.4 is 5.32 Å². The van der Waals surface area contributed by atoms with Crippen LogP contribution in [0.3, 0.4) is 0 Å². The highest BCUT2D eigenvalue weighted by molar-refractivity contribution is 7.10. The van der Waals surface area contributed by atoms with Crippen molar-refractivity contribution < 1.29 is 28.4 Å². The van der Waals surface area contributed by atoms with Crippen LogP contribution in [0.5, 0.6) is 0 Å². The van der Waals surface area contributed by atoms with E-state index in [1.54, 1.807) is 13.0 Å². The first-order valence-corrected chi connectivity index (χ1v) is 12.3. The minimum Gasteiger partial charge on any atom is -0.454 e. The van der Waals surface area contributed by atoms with Gasteiger partial charge < -0.3 is 24.2 Å². The second kappa shape index (κ2) is 8.28. The Kier molecular flexibility index (Phi) is 5.59. The molecular formula is C23H30N3O5S+. The van der Waals surface area contributed by atoms with Crippen LogP contribution >= 0.6 is 11.3 Å². The van der Waals surface area contributed by atoms with Crippen molar-refractivity contribution >= 4 is 29.0 Å². The van der Waals surface area contributed by atoms with Gasteiger partial charge in [0.1, 0.15) is 12.3 Å². The molecule has 3 aliphatic heterocycles. The second-order valence-electron chi connectivity index (χ2n) is 9.65. The number of piperidine rings is 3. The quantitative estimate of drug-likeness (QED) is 0.487. The number of amides is 1. The summed E-state index contributed by atoms with van der Waals surface area (Å²) < 4.78 is 11.7. The van der Waals surface area contributed by atoms with E-state index in [0.29, 0.717) is 34.0 Å².